The molecule has 0 saturated carbocycles. The molecule has 1 aliphatic heterocycles. The molecule has 2 rings (SSSR count). The van der Waals surface area contributed by atoms with Crippen LogP contribution in [0.25, 0.3) is 0 Å². The number of piperidine rings is 1. The minimum atomic E-state index is 0.370. The first-order valence-electron chi connectivity index (χ1n) is 6.80. The molecule has 1 unspecified atom stereocenters. The van der Waals surface area contributed by atoms with Gasteiger partial charge in [0.25, 0.3) is 5.88 Å². The van der Waals surface area contributed by atoms with Gasteiger partial charge in [0.05, 0.1) is 12.3 Å². The molecule has 0 aliphatic carbocycles. The maximum atomic E-state index is 9.16. The van der Waals surface area contributed by atoms with Gasteiger partial charge in [0.2, 0.25) is 0 Å². The minimum absolute atomic E-state index is 0.370. The number of ether oxygens (including phenoxy) is 1. The number of rotatable bonds is 4. The summed E-state index contributed by atoms with van der Waals surface area (Å²) in [6.45, 7) is 6.50. The van der Waals surface area contributed by atoms with Gasteiger partial charge >= 0.3 is 0 Å². The Morgan fingerprint density at radius 2 is 2.26 bits per heavy atom. The third-order valence-electron chi connectivity index (χ3n) is 3.70. The van der Waals surface area contributed by atoms with Crippen molar-refractivity contribution in [3.05, 3.63) is 16.8 Å². The van der Waals surface area contributed by atoms with E-state index in [1.807, 2.05) is 13.8 Å². The predicted molar refractivity (Wildman–Crippen MR) is 71.9 cm³/mol. The maximum absolute atomic E-state index is 9.16. The van der Waals surface area contributed by atoms with Crippen LogP contribution in [-0.4, -0.2) is 29.9 Å². The first kappa shape index (κ1) is 13.8. The fourth-order valence-corrected chi connectivity index (χ4v) is 2.31. The van der Waals surface area contributed by atoms with Crippen LogP contribution in [-0.2, 0) is 0 Å². The van der Waals surface area contributed by atoms with Crippen LogP contribution in [0, 0.1) is 31.1 Å². The molecule has 0 amide bonds. The Morgan fingerprint density at radius 1 is 1.42 bits per heavy atom. The average Bonchev–Trinajstić information content (AvgIpc) is 2.44. The lowest BCUT2D eigenvalue weighted by Crippen LogP contribution is -2.30. The first-order chi connectivity index (χ1) is 9.22. The zero-order valence-electron chi connectivity index (χ0n) is 11.6. The van der Waals surface area contributed by atoms with Gasteiger partial charge in [-0.25, -0.2) is 0 Å². The topological polar surface area (TPSA) is 70.8 Å². The SMILES string of the molecule is Cc1nnc(OCCC2CCCNC2)c(C#N)c1C. The lowest BCUT2D eigenvalue weighted by molar-refractivity contribution is 0.244. The molecular weight excluding hydrogens is 240 g/mol. The largest absolute Gasteiger partial charge is 0.476 e. The molecule has 1 fully saturated rings. The van der Waals surface area contributed by atoms with E-state index >= 15 is 0 Å². The molecule has 1 N–H and O–H groups in total. The molecule has 1 aromatic rings. The van der Waals surface area contributed by atoms with Crippen LogP contribution in [0.2, 0.25) is 0 Å². The Hall–Kier alpha value is -1.67. The Labute approximate surface area is 114 Å². The van der Waals surface area contributed by atoms with E-state index < -0.39 is 0 Å². The molecule has 1 saturated heterocycles. The molecule has 102 valence electrons. The maximum Gasteiger partial charge on any atom is 0.251 e. The normalized spacial score (nSPS) is 18.9. The molecule has 1 atom stereocenters. The van der Waals surface area contributed by atoms with Crippen molar-refractivity contribution in [2.45, 2.75) is 33.1 Å². The summed E-state index contributed by atoms with van der Waals surface area (Å²) in [5, 5.41) is 20.5. The van der Waals surface area contributed by atoms with E-state index in [-0.39, 0.29) is 0 Å². The van der Waals surface area contributed by atoms with Crippen LogP contribution in [0.1, 0.15) is 36.1 Å². The predicted octanol–water partition coefficient (Wildman–Crippen LogP) is 1.73. The molecule has 0 spiro atoms. The number of nitrogens with one attached hydrogen (secondary N) is 1. The van der Waals surface area contributed by atoms with Crippen LogP contribution in [0.15, 0.2) is 0 Å². The second-order valence-electron chi connectivity index (χ2n) is 5.05. The van der Waals surface area contributed by atoms with Gasteiger partial charge in [-0.2, -0.15) is 10.4 Å². The first-order valence-corrected chi connectivity index (χ1v) is 6.80. The summed E-state index contributed by atoms with van der Waals surface area (Å²) in [4.78, 5) is 0. The second kappa shape index (κ2) is 6.48. The van der Waals surface area contributed by atoms with Crippen molar-refractivity contribution in [3.8, 4) is 11.9 Å². The summed E-state index contributed by atoms with van der Waals surface area (Å²) in [6.07, 6.45) is 3.48. The summed E-state index contributed by atoms with van der Waals surface area (Å²) in [5.74, 6) is 1.04. The van der Waals surface area contributed by atoms with Crippen molar-refractivity contribution in [2.24, 2.45) is 5.92 Å². The van der Waals surface area contributed by atoms with Gasteiger partial charge in [-0.1, -0.05) is 0 Å². The highest BCUT2D eigenvalue weighted by Crippen LogP contribution is 2.20. The summed E-state index contributed by atoms with van der Waals surface area (Å²) >= 11 is 0. The van der Waals surface area contributed by atoms with E-state index in [0.29, 0.717) is 24.0 Å². The van der Waals surface area contributed by atoms with E-state index in [1.165, 1.54) is 12.8 Å². The van der Waals surface area contributed by atoms with Gasteiger partial charge in [-0.05, 0) is 57.7 Å². The third-order valence-corrected chi connectivity index (χ3v) is 3.70. The lowest BCUT2D eigenvalue weighted by Gasteiger charge is -2.22. The Bertz CT molecular complexity index is 475. The van der Waals surface area contributed by atoms with Crippen LogP contribution in [0.5, 0.6) is 5.88 Å². The molecule has 0 aromatic carbocycles. The van der Waals surface area contributed by atoms with Gasteiger partial charge in [-0.3, -0.25) is 0 Å². The molecule has 2 heterocycles. The zero-order chi connectivity index (χ0) is 13.7. The smallest absolute Gasteiger partial charge is 0.251 e. The third kappa shape index (κ3) is 3.42. The van der Waals surface area contributed by atoms with E-state index in [9.17, 15) is 0 Å². The Balaban J connectivity index is 1.92. The highest BCUT2D eigenvalue weighted by Gasteiger charge is 2.15. The van der Waals surface area contributed by atoms with Crippen molar-refractivity contribution >= 4 is 0 Å². The van der Waals surface area contributed by atoms with E-state index in [0.717, 1.165) is 30.8 Å². The van der Waals surface area contributed by atoms with Crippen molar-refractivity contribution in [1.29, 1.82) is 5.26 Å². The minimum Gasteiger partial charge on any atom is -0.476 e. The fourth-order valence-electron chi connectivity index (χ4n) is 2.31. The lowest BCUT2D eigenvalue weighted by atomic mass is 9.97. The van der Waals surface area contributed by atoms with Gasteiger partial charge in [-0.15, -0.1) is 5.10 Å². The molecule has 1 aromatic heterocycles. The number of aromatic nitrogens is 2. The van der Waals surface area contributed by atoms with Gasteiger partial charge in [0, 0.05) is 0 Å². The summed E-state index contributed by atoms with van der Waals surface area (Å²) in [6, 6.07) is 2.15. The Morgan fingerprint density at radius 3 is 2.95 bits per heavy atom. The van der Waals surface area contributed by atoms with Crippen LogP contribution >= 0.6 is 0 Å². The molecule has 0 bridgehead atoms. The van der Waals surface area contributed by atoms with Crippen LogP contribution in [0.4, 0.5) is 0 Å². The fraction of sp³-hybridized carbons (Fsp3) is 0.643. The standard InChI is InChI=1S/C14H20N4O/c1-10-11(2)17-18-14(13(10)8-15)19-7-5-12-4-3-6-16-9-12/h12,16H,3-7,9H2,1-2H3. The van der Waals surface area contributed by atoms with Gasteiger partial charge in [0.15, 0.2) is 0 Å². The number of nitriles is 1. The van der Waals surface area contributed by atoms with Crippen molar-refractivity contribution in [3.63, 3.8) is 0 Å². The number of hydrogen-bond donors (Lipinski definition) is 1. The zero-order valence-corrected chi connectivity index (χ0v) is 11.6. The number of nitrogens with zero attached hydrogens (tertiary/aromatic N) is 3. The van der Waals surface area contributed by atoms with Gasteiger partial charge < -0.3 is 10.1 Å². The Kier molecular flexibility index (Phi) is 4.69. The summed E-state index contributed by atoms with van der Waals surface area (Å²) < 4.78 is 5.64. The molecular formula is C14H20N4O. The summed E-state index contributed by atoms with van der Waals surface area (Å²) in [5.41, 5.74) is 2.14. The molecule has 19 heavy (non-hydrogen) atoms. The van der Waals surface area contributed by atoms with E-state index in [1.54, 1.807) is 0 Å². The van der Waals surface area contributed by atoms with E-state index in [4.69, 9.17) is 10.00 Å². The van der Waals surface area contributed by atoms with Crippen molar-refractivity contribution < 1.29 is 4.74 Å². The van der Waals surface area contributed by atoms with Gasteiger partial charge in [0.1, 0.15) is 11.6 Å². The number of hydrogen-bond acceptors (Lipinski definition) is 5. The highest BCUT2D eigenvalue weighted by molar-refractivity contribution is 5.44. The van der Waals surface area contributed by atoms with Crippen molar-refractivity contribution in [1.82, 2.24) is 15.5 Å². The molecule has 1 aliphatic rings. The van der Waals surface area contributed by atoms with E-state index in [2.05, 4.69) is 21.6 Å². The second-order valence-corrected chi connectivity index (χ2v) is 5.05. The molecule has 5 heteroatoms. The van der Waals surface area contributed by atoms with Crippen molar-refractivity contribution in [2.75, 3.05) is 19.7 Å². The monoisotopic (exact) mass is 260 g/mol. The van der Waals surface area contributed by atoms with Crippen LogP contribution in [0.3, 0.4) is 0 Å². The summed E-state index contributed by atoms with van der Waals surface area (Å²) in [7, 11) is 0. The molecule has 5 nitrogen and oxygen atoms in total. The quantitative estimate of drug-likeness (QED) is 0.892. The number of aryl methyl sites for hydroxylation is 1. The molecule has 0 radical (unpaired) electrons. The average molecular weight is 260 g/mol. The highest BCUT2D eigenvalue weighted by atomic mass is 16.5. The van der Waals surface area contributed by atoms with Crippen LogP contribution < -0.4 is 10.1 Å².